The van der Waals surface area contributed by atoms with Crippen LogP contribution in [0, 0.1) is 41.4 Å². The lowest BCUT2D eigenvalue weighted by Gasteiger charge is -2.43. The summed E-state index contributed by atoms with van der Waals surface area (Å²) in [5.41, 5.74) is -0.495. The molecular formula is C15H24O2. The van der Waals surface area contributed by atoms with Gasteiger partial charge in [-0.3, -0.25) is 0 Å². The Balaban J connectivity index is 1.65. The average Bonchev–Trinajstić information content (AvgIpc) is 2.89. The lowest BCUT2D eigenvalue weighted by atomic mass is 9.64. The van der Waals surface area contributed by atoms with E-state index in [1.54, 1.807) is 0 Å². The van der Waals surface area contributed by atoms with Crippen LogP contribution >= 0.6 is 0 Å². The normalized spacial score (nSPS) is 60.0. The molecule has 4 aliphatic rings. The molecule has 4 fully saturated rings. The van der Waals surface area contributed by atoms with Crippen molar-refractivity contribution < 1.29 is 10.2 Å². The first-order valence-electron chi connectivity index (χ1n) is 7.37. The summed E-state index contributed by atoms with van der Waals surface area (Å²) in [6, 6.07) is 0. The van der Waals surface area contributed by atoms with E-state index in [0.717, 1.165) is 36.0 Å². The van der Waals surface area contributed by atoms with Crippen molar-refractivity contribution in [2.45, 2.75) is 51.2 Å². The number of aliphatic hydroxyl groups excluding tert-OH is 1. The van der Waals surface area contributed by atoms with Crippen LogP contribution < -0.4 is 0 Å². The highest BCUT2D eigenvalue weighted by Crippen LogP contribution is 2.69. The molecule has 0 aromatic carbocycles. The van der Waals surface area contributed by atoms with Crippen LogP contribution in [-0.4, -0.2) is 21.9 Å². The van der Waals surface area contributed by atoms with Crippen molar-refractivity contribution in [2.24, 2.45) is 41.4 Å². The van der Waals surface area contributed by atoms with Gasteiger partial charge in [0, 0.05) is 0 Å². The Morgan fingerprint density at radius 1 is 0.882 bits per heavy atom. The van der Waals surface area contributed by atoms with E-state index in [9.17, 15) is 10.2 Å². The molecule has 0 radical (unpaired) electrons. The number of rotatable bonds is 1. The maximum atomic E-state index is 10.3. The van der Waals surface area contributed by atoms with Gasteiger partial charge in [0.25, 0.3) is 0 Å². The summed E-state index contributed by atoms with van der Waals surface area (Å²) in [6.07, 6.45) is 4.88. The topological polar surface area (TPSA) is 40.5 Å². The second-order valence-corrected chi connectivity index (χ2v) is 7.77. The lowest BCUT2D eigenvalue weighted by molar-refractivity contribution is -0.0535. The zero-order valence-electron chi connectivity index (χ0n) is 10.8. The van der Waals surface area contributed by atoms with Gasteiger partial charge in [0.05, 0.1) is 11.7 Å². The van der Waals surface area contributed by atoms with Gasteiger partial charge in [0.2, 0.25) is 0 Å². The molecule has 8 unspecified atom stereocenters. The largest absolute Gasteiger partial charge is 0.393 e. The molecule has 0 spiro atoms. The van der Waals surface area contributed by atoms with E-state index in [-0.39, 0.29) is 6.10 Å². The molecule has 2 heteroatoms. The van der Waals surface area contributed by atoms with Gasteiger partial charge >= 0.3 is 0 Å². The molecule has 4 bridgehead atoms. The maximum Gasteiger partial charge on any atom is 0.0622 e. The van der Waals surface area contributed by atoms with E-state index in [1.807, 2.05) is 13.8 Å². The molecule has 2 nitrogen and oxygen atoms in total. The van der Waals surface area contributed by atoms with E-state index in [4.69, 9.17) is 0 Å². The molecule has 17 heavy (non-hydrogen) atoms. The zero-order chi connectivity index (χ0) is 11.9. The van der Waals surface area contributed by atoms with Gasteiger partial charge in [-0.25, -0.2) is 0 Å². The fraction of sp³-hybridized carbons (Fsp3) is 1.00. The van der Waals surface area contributed by atoms with Gasteiger partial charge in [-0.1, -0.05) is 0 Å². The molecule has 0 aromatic rings. The van der Waals surface area contributed by atoms with Crippen LogP contribution in [0.15, 0.2) is 0 Å². The predicted molar refractivity (Wildman–Crippen MR) is 65.2 cm³/mol. The molecule has 4 rings (SSSR count). The minimum absolute atomic E-state index is 0.00110. The Morgan fingerprint density at radius 3 is 2.18 bits per heavy atom. The van der Waals surface area contributed by atoms with Crippen LogP contribution in [0.1, 0.15) is 39.5 Å². The monoisotopic (exact) mass is 236 g/mol. The van der Waals surface area contributed by atoms with Gasteiger partial charge in [0.1, 0.15) is 0 Å². The lowest BCUT2D eigenvalue weighted by Crippen LogP contribution is -2.43. The molecule has 4 saturated carbocycles. The summed E-state index contributed by atoms with van der Waals surface area (Å²) >= 11 is 0. The van der Waals surface area contributed by atoms with Crippen LogP contribution in [0.25, 0.3) is 0 Å². The first-order valence-corrected chi connectivity index (χ1v) is 7.37. The zero-order valence-corrected chi connectivity index (χ0v) is 10.8. The molecule has 0 amide bonds. The number of fused-ring (bicyclic) bond motifs is 9. The van der Waals surface area contributed by atoms with Crippen molar-refractivity contribution in [3.8, 4) is 0 Å². The summed E-state index contributed by atoms with van der Waals surface area (Å²) in [6.45, 7) is 3.99. The van der Waals surface area contributed by atoms with E-state index in [0.29, 0.717) is 11.8 Å². The van der Waals surface area contributed by atoms with Crippen LogP contribution in [0.4, 0.5) is 0 Å². The van der Waals surface area contributed by atoms with E-state index >= 15 is 0 Å². The van der Waals surface area contributed by atoms with E-state index < -0.39 is 5.60 Å². The first kappa shape index (κ1) is 10.8. The summed E-state index contributed by atoms with van der Waals surface area (Å²) < 4.78 is 0. The van der Waals surface area contributed by atoms with Gasteiger partial charge in [-0.15, -0.1) is 0 Å². The van der Waals surface area contributed by atoms with Crippen molar-refractivity contribution in [3.63, 3.8) is 0 Å². The van der Waals surface area contributed by atoms with Gasteiger partial charge < -0.3 is 10.2 Å². The van der Waals surface area contributed by atoms with E-state index in [2.05, 4.69) is 0 Å². The van der Waals surface area contributed by atoms with Crippen molar-refractivity contribution in [1.29, 1.82) is 0 Å². The minimum atomic E-state index is -0.495. The second-order valence-electron chi connectivity index (χ2n) is 7.77. The SMILES string of the molecule is CC(C)(O)C1CC2CC1C1C3CC(O)C(C3)C21. The number of aliphatic hydroxyl groups is 2. The third-order valence-corrected chi connectivity index (χ3v) is 6.69. The second kappa shape index (κ2) is 3.08. The highest BCUT2D eigenvalue weighted by Gasteiger charge is 2.65. The quantitative estimate of drug-likeness (QED) is 0.684. The number of hydrogen-bond donors (Lipinski definition) is 2. The highest BCUT2D eigenvalue weighted by molar-refractivity contribution is 5.14. The standard InChI is InChI=1S/C15H24O2/c1-15(2,17)11-5-7-3-9(11)13-8-4-10(14(7)13)12(16)6-8/h7-14,16-17H,3-6H2,1-2H3. The fourth-order valence-corrected chi connectivity index (χ4v) is 6.38. The molecule has 96 valence electrons. The Hall–Kier alpha value is -0.0800. The molecule has 0 aromatic heterocycles. The van der Waals surface area contributed by atoms with Gasteiger partial charge in [0.15, 0.2) is 0 Å². The third-order valence-electron chi connectivity index (χ3n) is 6.69. The summed E-state index contributed by atoms with van der Waals surface area (Å²) in [7, 11) is 0. The Labute approximate surface area is 103 Å². The summed E-state index contributed by atoms with van der Waals surface area (Å²) in [5.74, 6) is 5.14. The van der Waals surface area contributed by atoms with Crippen molar-refractivity contribution >= 4 is 0 Å². The fourth-order valence-electron chi connectivity index (χ4n) is 6.38. The van der Waals surface area contributed by atoms with Crippen molar-refractivity contribution in [1.82, 2.24) is 0 Å². The Kier molecular flexibility index (Phi) is 1.96. The molecule has 0 heterocycles. The van der Waals surface area contributed by atoms with Gasteiger partial charge in [-0.05, 0) is 81.0 Å². The third kappa shape index (κ3) is 1.24. The van der Waals surface area contributed by atoms with Gasteiger partial charge in [-0.2, -0.15) is 0 Å². The van der Waals surface area contributed by atoms with Crippen LogP contribution in [0.5, 0.6) is 0 Å². The van der Waals surface area contributed by atoms with Crippen molar-refractivity contribution in [3.05, 3.63) is 0 Å². The summed E-state index contributed by atoms with van der Waals surface area (Å²) in [4.78, 5) is 0. The molecular weight excluding hydrogens is 212 g/mol. The average molecular weight is 236 g/mol. The molecule has 4 aliphatic carbocycles. The van der Waals surface area contributed by atoms with Crippen LogP contribution in [-0.2, 0) is 0 Å². The van der Waals surface area contributed by atoms with Crippen molar-refractivity contribution in [2.75, 3.05) is 0 Å². The Morgan fingerprint density at radius 2 is 1.47 bits per heavy atom. The molecule has 8 atom stereocenters. The predicted octanol–water partition coefficient (Wildman–Crippen LogP) is 2.05. The smallest absolute Gasteiger partial charge is 0.0622 e. The molecule has 0 saturated heterocycles. The Bertz CT molecular complexity index is 345. The minimum Gasteiger partial charge on any atom is -0.393 e. The molecule has 2 N–H and O–H groups in total. The highest BCUT2D eigenvalue weighted by atomic mass is 16.3. The maximum absolute atomic E-state index is 10.3. The van der Waals surface area contributed by atoms with Crippen LogP contribution in [0.2, 0.25) is 0 Å². The van der Waals surface area contributed by atoms with E-state index in [1.165, 1.54) is 19.3 Å². The van der Waals surface area contributed by atoms with Crippen LogP contribution in [0.3, 0.4) is 0 Å². The summed E-state index contributed by atoms with van der Waals surface area (Å²) in [5, 5.41) is 20.4. The first-order chi connectivity index (χ1) is 7.97. The molecule has 0 aliphatic heterocycles. The number of hydrogen-bond acceptors (Lipinski definition) is 2.